The van der Waals surface area contributed by atoms with Crippen LogP contribution in [0, 0.1) is 5.41 Å². The van der Waals surface area contributed by atoms with E-state index in [1.54, 1.807) is 7.11 Å². The molecule has 1 aliphatic carbocycles. The summed E-state index contributed by atoms with van der Waals surface area (Å²) in [5, 5.41) is 13.7. The zero-order valence-electron chi connectivity index (χ0n) is 10.3. The average molecular weight is 256 g/mol. The molecule has 0 amide bonds. The lowest BCUT2D eigenvalue weighted by atomic mass is 9.64. The fraction of sp³-hybridized carbons (Fsp3) is 0.538. The number of nitrogens with one attached hydrogen (secondary N) is 1. The lowest BCUT2D eigenvalue weighted by Crippen LogP contribution is -2.56. The van der Waals surface area contributed by atoms with Crippen molar-refractivity contribution < 1.29 is 9.84 Å². The standard InChI is InChI=1S/C13H18ClNO2/c1-13(2)11(7-12(13)16)15-8-4-5-10(17-3)9(14)6-8/h4-6,11-12,15-16H,7H2,1-3H3. The Morgan fingerprint density at radius 1 is 1.47 bits per heavy atom. The maximum Gasteiger partial charge on any atom is 0.137 e. The molecule has 0 spiro atoms. The Morgan fingerprint density at radius 2 is 2.18 bits per heavy atom. The van der Waals surface area contributed by atoms with E-state index in [1.807, 2.05) is 18.2 Å². The summed E-state index contributed by atoms with van der Waals surface area (Å²) in [5.74, 6) is 0.671. The van der Waals surface area contributed by atoms with Gasteiger partial charge in [0.15, 0.2) is 0 Å². The highest BCUT2D eigenvalue weighted by Gasteiger charge is 2.47. The topological polar surface area (TPSA) is 41.5 Å². The molecule has 0 aromatic heterocycles. The quantitative estimate of drug-likeness (QED) is 0.873. The molecule has 3 nitrogen and oxygen atoms in total. The highest BCUT2D eigenvalue weighted by atomic mass is 35.5. The highest BCUT2D eigenvalue weighted by Crippen LogP contribution is 2.42. The van der Waals surface area contributed by atoms with Crippen LogP contribution in [0.1, 0.15) is 20.3 Å². The van der Waals surface area contributed by atoms with Crippen molar-refractivity contribution in [1.29, 1.82) is 0 Å². The fourth-order valence-corrected chi connectivity index (χ4v) is 2.36. The van der Waals surface area contributed by atoms with E-state index >= 15 is 0 Å². The van der Waals surface area contributed by atoms with Crippen LogP contribution in [0.15, 0.2) is 18.2 Å². The van der Waals surface area contributed by atoms with Gasteiger partial charge in [-0.1, -0.05) is 25.4 Å². The van der Waals surface area contributed by atoms with Gasteiger partial charge in [0.25, 0.3) is 0 Å². The van der Waals surface area contributed by atoms with Crippen LogP contribution in [-0.4, -0.2) is 24.4 Å². The number of aliphatic hydroxyl groups excluding tert-OH is 1. The lowest BCUT2D eigenvalue weighted by molar-refractivity contribution is -0.0510. The van der Waals surface area contributed by atoms with E-state index in [4.69, 9.17) is 16.3 Å². The molecule has 0 aliphatic heterocycles. The van der Waals surface area contributed by atoms with Crippen LogP contribution in [0.5, 0.6) is 5.75 Å². The first-order valence-electron chi connectivity index (χ1n) is 5.73. The van der Waals surface area contributed by atoms with E-state index in [2.05, 4.69) is 19.2 Å². The van der Waals surface area contributed by atoms with Gasteiger partial charge in [-0.3, -0.25) is 0 Å². The molecular weight excluding hydrogens is 238 g/mol. The van der Waals surface area contributed by atoms with Gasteiger partial charge in [0.1, 0.15) is 5.75 Å². The number of halogens is 1. The third-order valence-corrected chi connectivity index (χ3v) is 4.00. The highest BCUT2D eigenvalue weighted by molar-refractivity contribution is 6.32. The van der Waals surface area contributed by atoms with E-state index in [-0.39, 0.29) is 17.6 Å². The number of hydrogen-bond donors (Lipinski definition) is 2. The van der Waals surface area contributed by atoms with Crippen LogP contribution < -0.4 is 10.1 Å². The number of methoxy groups -OCH3 is 1. The van der Waals surface area contributed by atoms with Gasteiger partial charge in [-0.2, -0.15) is 0 Å². The zero-order valence-corrected chi connectivity index (χ0v) is 11.1. The van der Waals surface area contributed by atoms with Crippen LogP contribution in [0.3, 0.4) is 0 Å². The van der Waals surface area contributed by atoms with E-state index in [9.17, 15) is 5.11 Å². The van der Waals surface area contributed by atoms with Crippen molar-refractivity contribution in [3.8, 4) is 5.75 Å². The Morgan fingerprint density at radius 3 is 2.65 bits per heavy atom. The molecule has 1 fully saturated rings. The molecule has 0 bridgehead atoms. The van der Waals surface area contributed by atoms with Crippen molar-refractivity contribution in [3.63, 3.8) is 0 Å². The van der Waals surface area contributed by atoms with Gasteiger partial charge in [0.2, 0.25) is 0 Å². The molecule has 1 aromatic rings. The Bertz CT molecular complexity index is 420. The summed E-state index contributed by atoms with van der Waals surface area (Å²) in [4.78, 5) is 0. The Kier molecular flexibility index (Phi) is 3.23. The predicted octanol–water partition coefficient (Wildman–Crippen LogP) is 2.92. The fourth-order valence-electron chi connectivity index (χ4n) is 2.10. The Hall–Kier alpha value is -0.930. The molecule has 1 aromatic carbocycles. The van der Waals surface area contributed by atoms with E-state index < -0.39 is 0 Å². The number of aliphatic hydroxyl groups is 1. The molecule has 1 saturated carbocycles. The second-order valence-corrected chi connectivity index (χ2v) is 5.53. The summed E-state index contributed by atoms with van der Waals surface area (Å²) in [7, 11) is 1.60. The molecule has 0 heterocycles. The molecule has 94 valence electrons. The molecule has 2 rings (SSSR count). The van der Waals surface area contributed by atoms with Crippen LogP contribution in [0.4, 0.5) is 5.69 Å². The monoisotopic (exact) mass is 255 g/mol. The Labute approximate surface area is 107 Å². The molecule has 17 heavy (non-hydrogen) atoms. The number of ether oxygens (including phenoxy) is 1. The normalized spacial score (nSPS) is 26.2. The molecule has 4 heteroatoms. The van der Waals surface area contributed by atoms with Crippen molar-refractivity contribution in [2.75, 3.05) is 12.4 Å². The van der Waals surface area contributed by atoms with Gasteiger partial charge in [-0.25, -0.2) is 0 Å². The summed E-state index contributed by atoms with van der Waals surface area (Å²) in [6.45, 7) is 4.12. The van der Waals surface area contributed by atoms with Crippen molar-refractivity contribution in [3.05, 3.63) is 23.2 Å². The minimum atomic E-state index is -0.228. The van der Waals surface area contributed by atoms with Crippen LogP contribution >= 0.6 is 11.6 Å². The van der Waals surface area contributed by atoms with Gasteiger partial charge in [-0.05, 0) is 24.6 Å². The van der Waals surface area contributed by atoms with Gasteiger partial charge < -0.3 is 15.2 Å². The summed E-state index contributed by atoms with van der Waals surface area (Å²) >= 11 is 6.06. The molecular formula is C13H18ClNO2. The number of rotatable bonds is 3. The van der Waals surface area contributed by atoms with E-state index in [0.717, 1.165) is 12.1 Å². The summed E-state index contributed by atoms with van der Waals surface area (Å²) < 4.78 is 5.10. The molecule has 1 aliphatic rings. The second-order valence-electron chi connectivity index (χ2n) is 5.12. The summed E-state index contributed by atoms with van der Waals surface area (Å²) in [5.41, 5.74) is 0.868. The van der Waals surface area contributed by atoms with Crippen LogP contribution in [-0.2, 0) is 0 Å². The first-order valence-corrected chi connectivity index (χ1v) is 6.11. The largest absolute Gasteiger partial charge is 0.495 e. The maximum atomic E-state index is 9.67. The first kappa shape index (κ1) is 12.5. The third kappa shape index (κ3) is 2.22. The maximum absolute atomic E-state index is 9.67. The van der Waals surface area contributed by atoms with Gasteiger partial charge in [0, 0.05) is 17.1 Å². The summed E-state index contributed by atoms with van der Waals surface area (Å²) in [6.07, 6.45) is 0.546. The molecule has 2 unspecified atom stereocenters. The smallest absolute Gasteiger partial charge is 0.137 e. The average Bonchev–Trinajstić information content (AvgIpc) is 2.29. The summed E-state index contributed by atoms with van der Waals surface area (Å²) in [6, 6.07) is 5.90. The number of anilines is 1. The number of benzene rings is 1. The zero-order chi connectivity index (χ0) is 12.6. The van der Waals surface area contributed by atoms with Crippen molar-refractivity contribution in [2.24, 2.45) is 5.41 Å². The molecule has 2 N–H and O–H groups in total. The minimum Gasteiger partial charge on any atom is -0.495 e. The van der Waals surface area contributed by atoms with E-state index in [0.29, 0.717) is 10.8 Å². The van der Waals surface area contributed by atoms with Gasteiger partial charge in [0.05, 0.1) is 18.2 Å². The molecule has 0 radical (unpaired) electrons. The second kappa shape index (κ2) is 4.39. The van der Waals surface area contributed by atoms with Crippen LogP contribution in [0.2, 0.25) is 5.02 Å². The van der Waals surface area contributed by atoms with Gasteiger partial charge >= 0.3 is 0 Å². The Balaban J connectivity index is 2.08. The molecule has 2 atom stereocenters. The molecule has 0 saturated heterocycles. The van der Waals surface area contributed by atoms with Crippen molar-refractivity contribution >= 4 is 17.3 Å². The van der Waals surface area contributed by atoms with Crippen molar-refractivity contribution in [1.82, 2.24) is 0 Å². The van der Waals surface area contributed by atoms with Crippen molar-refractivity contribution in [2.45, 2.75) is 32.4 Å². The van der Waals surface area contributed by atoms with Crippen LogP contribution in [0.25, 0.3) is 0 Å². The predicted molar refractivity (Wildman–Crippen MR) is 69.8 cm³/mol. The van der Waals surface area contributed by atoms with E-state index in [1.165, 1.54) is 0 Å². The first-order chi connectivity index (χ1) is 7.95. The third-order valence-electron chi connectivity index (χ3n) is 3.71. The lowest BCUT2D eigenvalue weighted by Gasteiger charge is -2.49. The SMILES string of the molecule is COc1ccc(NC2CC(O)C2(C)C)cc1Cl. The number of hydrogen-bond acceptors (Lipinski definition) is 3. The van der Waals surface area contributed by atoms with Gasteiger partial charge in [-0.15, -0.1) is 0 Å². The minimum absolute atomic E-state index is 0.0909.